The van der Waals surface area contributed by atoms with Gasteiger partial charge in [0.05, 0.1) is 10.6 Å². The second-order valence-electron chi connectivity index (χ2n) is 6.45. The maximum Gasteiger partial charge on any atom is 0.238 e. The molecule has 0 saturated heterocycles. The lowest BCUT2D eigenvalue weighted by atomic mass is 9.96. The van der Waals surface area contributed by atoms with Crippen LogP contribution in [0.25, 0.3) is 11.1 Å². The highest BCUT2D eigenvalue weighted by Gasteiger charge is 2.29. The number of nitrogens with one attached hydrogen (secondary N) is 1. The molecular formula is C21H17N3O3S. The normalized spacial score (nSPS) is 16.2. The molecule has 6 nitrogen and oxygen atoms in total. The number of hydrogen-bond donors (Lipinski definition) is 2. The summed E-state index contributed by atoms with van der Waals surface area (Å²) in [6.45, 7) is 0. The zero-order valence-corrected chi connectivity index (χ0v) is 15.6. The Morgan fingerprint density at radius 3 is 2.32 bits per heavy atom. The number of sulfonamides is 1. The summed E-state index contributed by atoms with van der Waals surface area (Å²) in [6.07, 6.45) is 1.57. The first kappa shape index (κ1) is 18.1. The van der Waals surface area contributed by atoms with Crippen LogP contribution in [0.3, 0.4) is 0 Å². The van der Waals surface area contributed by atoms with Crippen molar-refractivity contribution in [3.05, 3.63) is 78.4 Å². The van der Waals surface area contributed by atoms with Crippen molar-refractivity contribution in [3.63, 3.8) is 0 Å². The molecule has 1 heterocycles. The Kier molecular flexibility index (Phi) is 4.54. The van der Waals surface area contributed by atoms with Gasteiger partial charge in [-0.3, -0.25) is 9.79 Å². The lowest BCUT2D eigenvalue weighted by Crippen LogP contribution is -2.13. The van der Waals surface area contributed by atoms with Gasteiger partial charge in [-0.15, -0.1) is 0 Å². The van der Waals surface area contributed by atoms with Crippen molar-refractivity contribution in [3.8, 4) is 11.1 Å². The van der Waals surface area contributed by atoms with Crippen molar-refractivity contribution in [1.29, 1.82) is 0 Å². The molecule has 1 amide bonds. The second kappa shape index (κ2) is 7.03. The number of aliphatic imine (C=N–C) groups is 1. The van der Waals surface area contributed by atoms with Crippen LogP contribution in [0.4, 0.5) is 11.4 Å². The Balaban J connectivity index is 1.63. The predicted octanol–water partition coefficient (Wildman–Crippen LogP) is 3.44. The number of nitrogens with zero attached hydrogens (tertiary/aromatic N) is 1. The van der Waals surface area contributed by atoms with E-state index in [9.17, 15) is 13.2 Å². The van der Waals surface area contributed by atoms with E-state index in [0.29, 0.717) is 5.69 Å². The Bertz CT molecular complexity index is 1170. The lowest BCUT2D eigenvalue weighted by molar-refractivity contribution is -0.115. The molecule has 28 heavy (non-hydrogen) atoms. The van der Waals surface area contributed by atoms with E-state index in [1.54, 1.807) is 18.3 Å². The number of carbonyl (C=O) groups is 1. The van der Waals surface area contributed by atoms with Crippen LogP contribution in [0.2, 0.25) is 0 Å². The number of rotatable bonds is 4. The van der Waals surface area contributed by atoms with Crippen LogP contribution in [0.15, 0.2) is 82.7 Å². The number of anilines is 1. The minimum Gasteiger partial charge on any atom is -0.325 e. The molecule has 3 aromatic rings. The molecule has 3 N–H and O–H groups in total. The van der Waals surface area contributed by atoms with Crippen LogP contribution in [0.1, 0.15) is 11.5 Å². The molecule has 3 aromatic carbocycles. The first-order valence-electron chi connectivity index (χ1n) is 8.59. The highest BCUT2D eigenvalue weighted by atomic mass is 32.2. The first-order chi connectivity index (χ1) is 13.4. The zero-order chi connectivity index (χ0) is 19.7. The number of nitrogens with two attached hydrogens (primary N) is 1. The minimum atomic E-state index is -3.75. The molecule has 7 heteroatoms. The van der Waals surface area contributed by atoms with Crippen LogP contribution >= 0.6 is 0 Å². The van der Waals surface area contributed by atoms with Gasteiger partial charge in [-0.2, -0.15) is 0 Å². The smallest absolute Gasteiger partial charge is 0.238 e. The van der Waals surface area contributed by atoms with Crippen molar-refractivity contribution < 1.29 is 13.2 Å². The molecule has 0 radical (unpaired) electrons. The molecule has 4 rings (SSSR count). The molecule has 0 bridgehead atoms. The maximum atomic E-state index is 12.4. The average molecular weight is 391 g/mol. The van der Waals surface area contributed by atoms with Crippen molar-refractivity contribution >= 4 is 33.5 Å². The molecule has 1 aliphatic heterocycles. The lowest BCUT2D eigenvalue weighted by Gasteiger charge is -2.07. The zero-order valence-electron chi connectivity index (χ0n) is 14.7. The number of carbonyl (C=O) groups excluding carboxylic acids is 1. The molecule has 0 spiro atoms. The molecular weight excluding hydrogens is 374 g/mol. The minimum absolute atomic E-state index is 0.0166. The van der Waals surface area contributed by atoms with E-state index in [1.165, 1.54) is 12.1 Å². The van der Waals surface area contributed by atoms with Gasteiger partial charge in [-0.25, -0.2) is 13.6 Å². The van der Waals surface area contributed by atoms with E-state index in [2.05, 4.69) is 10.3 Å². The van der Waals surface area contributed by atoms with Crippen LogP contribution < -0.4 is 10.5 Å². The quantitative estimate of drug-likeness (QED) is 0.666. The SMILES string of the molecule is NS(=O)(=O)c1ccc(N=CC2C(=O)Nc3ccc(-c4ccccc4)cc32)cc1. The number of primary sulfonamides is 1. The van der Waals surface area contributed by atoms with Crippen LogP contribution in [0.5, 0.6) is 0 Å². The summed E-state index contributed by atoms with van der Waals surface area (Å²) in [5, 5.41) is 7.96. The van der Waals surface area contributed by atoms with E-state index in [4.69, 9.17) is 5.14 Å². The molecule has 1 aliphatic rings. The predicted molar refractivity (Wildman–Crippen MR) is 109 cm³/mol. The Hall–Kier alpha value is -3.29. The molecule has 0 saturated carbocycles. The standard InChI is InChI=1S/C21H17N3O3S/c22-28(26,27)17-9-7-16(8-10-17)23-13-19-18-12-15(14-4-2-1-3-5-14)6-11-20(18)24-21(19)25/h1-13,19H,(H,24,25)(H2,22,26,27). The summed E-state index contributed by atoms with van der Waals surface area (Å²) in [5.41, 5.74) is 4.25. The van der Waals surface area contributed by atoms with Gasteiger partial charge in [0.2, 0.25) is 15.9 Å². The number of fused-ring (bicyclic) bond motifs is 1. The topological polar surface area (TPSA) is 102 Å². The third-order valence-electron chi connectivity index (χ3n) is 4.57. The maximum absolute atomic E-state index is 12.4. The average Bonchev–Trinajstić information content (AvgIpc) is 3.01. The van der Waals surface area contributed by atoms with E-state index < -0.39 is 15.9 Å². The summed E-state index contributed by atoms with van der Waals surface area (Å²) in [4.78, 5) is 16.7. The molecule has 1 unspecified atom stereocenters. The van der Waals surface area contributed by atoms with Gasteiger partial charge in [-0.1, -0.05) is 36.4 Å². The van der Waals surface area contributed by atoms with E-state index >= 15 is 0 Å². The van der Waals surface area contributed by atoms with Gasteiger partial charge in [0.1, 0.15) is 5.92 Å². The summed E-state index contributed by atoms with van der Waals surface area (Å²) < 4.78 is 22.7. The highest BCUT2D eigenvalue weighted by molar-refractivity contribution is 7.89. The Morgan fingerprint density at radius 1 is 0.929 bits per heavy atom. The van der Waals surface area contributed by atoms with Gasteiger partial charge in [-0.05, 0) is 53.1 Å². The van der Waals surface area contributed by atoms with E-state index in [1.807, 2.05) is 48.5 Å². The number of hydrogen-bond acceptors (Lipinski definition) is 4. The molecule has 0 fully saturated rings. The van der Waals surface area contributed by atoms with E-state index in [-0.39, 0.29) is 10.8 Å². The van der Waals surface area contributed by atoms with Gasteiger partial charge in [0, 0.05) is 11.9 Å². The van der Waals surface area contributed by atoms with Gasteiger partial charge in [0.15, 0.2) is 0 Å². The third-order valence-corrected chi connectivity index (χ3v) is 5.50. The summed E-state index contributed by atoms with van der Waals surface area (Å²) in [5.74, 6) is -0.665. The fourth-order valence-electron chi connectivity index (χ4n) is 3.13. The number of amides is 1. The van der Waals surface area contributed by atoms with E-state index in [0.717, 1.165) is 22.4 Å². The van der Waals surface area contributed by atoms with Crippen molar-refractivity contribution in [1.82, 2.24) is 0 Å². The van der Waals surface area contributed by atoms with Crippen molar-refractivity contribution in [2.24, 2.45) is 10.1 Å². The third kappa shape index (κ3) is 3.58. The first-order valence-corrected chi connectivity index (χ1v) is 10.1. The number of benzene rings is 3. The molecule has 1 atom stereocenters. The Labute approximate surface area is 162 Å². The van der Waals surface area contributed by atoms with Crippen LogP contribution in [0, 0.1) is 0 Å². The highest BCUT2D eigenvalue weighted by Crippen LogP contribution is 2.35. The van der Waals surface area contributed by atoms with Crippen molar-refractivity contribution in [2.45, 2.75) is 10.8 Å². The summed E-state index contributed by atoms with van der Waals surface area (Å²) >= 11 is 0. The monoisotopic (exact) mass is 391 g/mol. The van der Waals surface area contributed by atoms with Crippen LogP contribution in [-0.2, 0) is 14.8 Å². The Morgan fingerprint density at radius 2 is 1.64 bits per heavy atom. The second-order valence-corrected chi connectivity index (χ2v) is 8.01. The van der Waals surface area contributed by atoms with Crippen LogP contribution in [-0.4, -0.2) is 20.5 Å². The molecule has 0 aliphatic carbocycles. The largest absolute Gasteiger partial charge is 0.325 e. The summed E-state index contributed by atoms with van der Waals surface area (Å²) in [7, 11) is -3.75. The summed E-state index contributed by atoms with van der Waals surface area (Å²) in [6, 6.07) is 21.6. The van der Waals surface area contributed by atoms with Crippen molar-refractivity contribution in [2.75, 3.05) is 5.32 Å². The fraction of sp³-hybridized carbons (Fsp3) is 0.0476. The fourth-order valence-corrected chi connectivity index (χ4v) is 3.64. The van der Waals surface area contributed by atoms with Gasteiger partial charge < -0.3 is 5.32 Å². The molecule has 140 valence electrons. The molecule has 0 aromatic heterocycles. The van der Waals surface area contributed by atoms with Gasteiger partial charge in [0.25, 0.3) is 0 Å². The van der Waals surface area contributed by atoms with Gasteiger partial charge >= 0.3 is 0 Å².